The largest absolute Gasteiger partial charge is 0.451 e. The van der Waals surface area contributed by atoms with Gasteiger partial charge >= 0.3 is 0 Å². The van der Waals surface area contributed by atoms with Crippen LogP contribution in [0.3, 0.4) is 0 Å². The van der Waals surface area contributed by atoms with Gasteiger partial charge in [-0.25, -0.2) is 4.39 Å². The molecule has 1 saturated carbocycles. The van der Waals surface area contributed by atoms with Crippen LogP contribution in [0, 0.1) is 11.7 Å². The predicted octanol–water partition coefficient (Wildman–Crippen LogP) is 3.08. The van der Waals surface area contributed by atoms with Crippen molar-refractivity contribution in [1.29, 1.82) is 0 Å². The third kappa shape index (κ3) is 3.46. The number of pyridine rings is 1. The molecule has 0 saturated heterocycles. The van der Waals surface area contributed by atoms with Crippen LogP contribution in [0.2, 0.25) is 0 Å². The molecule has 1 aromatic carbocycles. The van der Waals surface area contributed by atoms with Gasteiger partial charge in [0.2, 0.25) is 0 Å². The lowest BCUT2D eigenvalue weighted by Gasteiger charge is -2.37. The van der Waals surface area contributed by atoms with Gasteiger partial charge in [0.05, 0.1) is 6.10 Å². The molecule has 1 fully saturated rings. The van der Waals surface area contributed by atoms with Crippen molar-refractivity contribution in [3.8, 4) is 0 Å². The molecule has 134 valence electrons. The lowest BCUT2D eigenvalue weighted by atomic mass is 9.76. The number of fused-ring (bicyclic) bond motifs is 1. The van der Waals surface area contributed by atoms with Gasteiger partial charge < -0.3 is 14.8 Å². The highest BCUT2D eigenvalue weighted by molar-refractivity contribution is 5.96. The average molecular weight is 354 g/mol. The molecule has 0 unspecified atom stereocenters. The number of halogens is 1. The minimum atomic E-state index is -0.373. The Bertz CT molecular complexity index is 919. The number of hydrogen-bond acceptors (Lipinski definition) is 4. The first-order valence-electron chi connectivity index (χ1n) is 8.66. The molecule has 0 spiro atoms. The second kappa shape index (κ2) is 6.88. The van der Waals surface area contributed by atoms with Crippen molar-refractivity contribution >= 4 is 16.9 Å². The monoisotopic (exact) mass is 354 g/mol. The molecule has 2 aromatic heterocycles. The topological polar surface area (TPSA) is 75.4 Å². The number of rotatable bonds is 5. The van der Waals surface area contributed by atoms with E-state index in [9.17, 15) is 14.3 Å². The highest BCUT2D eigenvalue weighted by Gasteiger charge is 2.35. The van der Waals surface area contributed by atoms with Gasteiger partial charge in [-0.15, -0.1) is 0 Å². The van der Waals surface area contributed by atoms with Gasteiger partial charge in [-0.05, 0) is 55.2 Å². The van der Waals surface area contributed by atoms with Crippen LogP contribution in [0.5, 0.6) is 0 Å². The fourth-order valence-corrected chi connectivity index (χ4v) is 3.40. The zero-order valence-corrected chi connectivity index (χ0v) is 14.1. The summed E-state index contributed by atoms with van der Waals surface area (Å²) in [6, 6.07) is 11.2. The number of aliphatic hydroxyl groups excluding tert-OH is 1. The van der Waals surface area contributed by atoms with Crippen LogP contribution in [0.4, 0.5) is 4.39 Å². The number of aromatic nitrogens is 1. The fraction of sp³-hybridized carbons (Fsp3) is 0.300. The molecular weight excluding hydrogens is 335 g/mol. The molecule has 6 heteroatoms. The molecule has 2 N–H and O–H groups in total. The van der Waals surface area contributed by atoms with Crippen LogP contribution >= 0.6 is 0 Å². The Hall–Kier alpha value is -2.73. The van der Waals surface area contributed by atoms with Gasteiger partial charge in [0.25, 0.3) is 5.91 Å². The van der Waals surface area contributed by atoms with E-state index in [2.05, 4.69) is 10.3 Å². The van der Waals surface area contributed by atoms with Crippen LogP contribution in [0.25, 0.3) is 11.0 Å². The zero-order valence-electron chi connectivity index (χ0n) is 14.1. The summed E-state index contributed by atoms with van der Waals surface area (Å²) in [5.74, 6) is -0.375. The molecule has 0 bridgehead atoms. The van der Waals surface area contributed by atoms with E-state index in [0.29, 0.717) is 30.2 Å². The van der Waals surface area contributed by atoms with E-state index in [1.54, 1.807) is 12.3 Å². The van der Waals surface area contributed by atoms with E-state index < -0.39 is 0 Å². The van der Waals surface area contributed by atoms with E-state index in [4.69, 9.17) is 4.42 Å². The Balaban J connectivity index is 1.52. The lowest BCUT2D eigenvalue weighted by Crippen LogP contribution is -2.48. The Kier molecular flexibility index (Phi) is 4.42. The Morgan fingerprint density at radius 1 is 1.31 bits per heavy atom. The first-order valence-corrected chi connectivity index (χ1v) is 8.66. The minimum Gasteiger partial charge on any atom is -0.451 e. The highest BCUT2D eigenvalue weighted by Crippen LogP contribution is 2.32. The van der Waals surface area contributed by atoms with Crippen molar-refractivity contribution in [3.63, 3.8) is 0 Å². The summed E-state index contributed by atoms with van der Waals surface area (Å²) in [4.78, 5) is 17.0. The smallest absolute Gasteiger partial charge is 0.287 e. The number of nitrogens with zero attached hydrogens (tertiary/aromatic N) is 1. The molecule has 1 amide bonds. The van der Waals surface area contributed by atoms with Gasteiger partial charge in [-0.3, -0.25) is 9.78 Å². The van der Waals surface area contributed by atoms with Crippen molar-refractivity contribution in [2.24, 2.45) is 5.92 Å². The number of hydrogen-bond donors (Lipinski definition) is 2. The predicted molar refractivity (Wildman–Crippen MR) is 94.1 cm³/mol. The number of carbonyl (C=O) groups is 1. The normalized spacial score (nSPS) is 20.5. The first-order chi connectivity index (χ1) is 12.6. The molecule has 3 aromatic rings. The number of carbonyl (C=O) groups excluding carboxylic acids is 1. The van der Waals surface area contributed by atoms with Gasteiger partial charge in [0, 0.05) is 29.7 Å². The maximum atomic E-state index is 13.3. The SMILES string of the molecule is O=C(N[C@@H](Cc1ccccn1)C1CC(O)C1)c1cc2cc(F)ccc2o1. The molecule has 4 rings (SSSR count). The molecule has 1 atom stereocenters. The van der Waals surface area contributed by atoms with Crippen LogP contribution < -0.4 is 5.32 Å². The second-order valence-electron chi connectivity index (χ2n) is 6.78. The summed E-state index contributed by atoms with van der Waals surface area (Å²) >= 11 is 0. The van der Waals surface area contributed by atoms with E-state index in [1.807, 2.05) is 18.2 Å². The average Bonchev–Trinajstić information content (AvgIpc) is 3.02. The van der Waals surface area contributed by atoms with Crippen LogP contribution in [-0.2, 0) is 6.42 Å². The lowest BCUT2D eigenvalue weighted by molar-refractivity contribution is 0.0235. The van der Waals surface area contributed by atoms with E-state index in [0.717, 1.165) is 5.69 Å². The maximum Gasteiger partial charge on any atom is 0.287 e. The van der Waals surface area contributed by atoms with Gasteiger partial charge in [0.1, 0.15) is 11.4 Å². The molecule has 0 aliphatic heterocycles. The number of aliphatic hydroxyl groups is 1. The van der Waals surface area contributed by atoms with Crippen molar-refractivity contribution in [2.45, 2.75) is 31.4 Å². The van der Waals surface area contributed by atoms with Crippen molar-refractivity contribution in [3.05, 3.63) is 65.9 Å². The third-order valence-corrected chi connectivity index (χ3v) is 4.89. The Morgan fingerprint density at radius 2 is 2.15 bits per heavy atom. The standard InChI is InChI=1S/C20H19FN2O3/c21-14-4-5-18-13(7-14)10-19(26-18)20(25)23-17(12-8-16(24)9-12)11-15-3-1-2-6-22-15/h1-7,10,12,16-17,24H,8-9,11H2,(H,23,25)/t12?,16?,17-/m0/s1. The molecular formula is C20H19FN2O3. The molecule has 2 heterocycles. The fourth-order valence-electron chi connectivity index (χ4n) is 3.40. The van der Waals surface area contributed by atoms with Crippen LogP contribution in [0.1, 0.15) is 29.1 Å². The summed E-state index contributed by atoms with van der Waals surface area (Å²) < 4.78 is 18.9. The molecule has 26 heavy (non-hydrogen) atoms. The van der Waals surface area contributed by atoms with Crippen molar-refractivity contribution < 1.29 is 18.7 Å². The summed E-state index contributed by atoms with van der Waals surface area (Å²) in [6.07, 6.45) is 3.31. The van der Waals surface area contributed by atoms with Crippen LogP contribution in [-0.4, -0.2) is 28.1 Å². The van der Waals surface area contributed by atoms with Crippen molar-refractivity contribution in [2.75, 3.05) is 0 Å². The number of furan rings is 1. The Morgan fingerprint density at radius 3 is 2.88 bits per heavy atom. The highest BCUT2D eigenvalue weighted by atomic mass is 19.1. The molecule has 1 aliphatic carbocycles. The summed E-state index contributed by atoms with van der Waals surface area (Å²) in [5.41, 5.74) is 1.35. The van der Waals surface area contributed by atoms with E-state index in [-0.39, 0.29) is 35.5 Å². The third-order valence-electron chi connectivity index (χ3n) is 4.89. The quantitative estimate of drug-likeness (QED) is 0.738. The van der Waals surface area contributed by atoms with Gasteiger partial charge in [-0.1, -0.05) is 6.07 Å². The minimum absolute atomic E-state index is 0.147. The van der Waals surface area contributed by atoms with Gasteiger partial charge in [0.15, 0.2) is 5.76 Å². The molecule has 0 radical (unpaired) electrons. The van der Waals surface area contributed by atoms with Gasteiger partial charge in [-0.2, -0.15) is 0 Å². The van der Waals surface area contributed by atoms with E-state index >= 15 is 0 Å². The number of nitrogens with one attached hydrogen (secondary N) is 1. The summed E-state index contributed by atoms with van der Waals surface area (Å²) in [5, 5.41) is 13.2. The number of amides is 1. The Labute approximate surface area is 149 Å². The maximum absolute atomic E-state index is 13.3. The second-order valence-corrected chi connectivity index (χ2v) is 6.78. The van der Waals surface area contributed by atoms with Crippen LogP contribution in [0.15, 0.2) is 53.1 Å². The number of benzene rings is 1. The van der Waals surface area contributed by atoms with Crippen molar-refractivity contribution in [1.82, 2.24) is 10.3 Å². The molecule has 5 nitrogen and oxygen atoms in total. The summed E-state index contributed by atoms with van der Waals surface area (Å²) in [7, 11) is 0. The molecule has 1 aliphatic rings. The van der Waals surface area contributed by atoms with E-state index in [1.165, 1.54) is 18.2 Å². The zero-order chi connectivity index (χ0) is 18.1. The first kappa shape index (κ1) is 16.7. The summed E-state index contributed by atoms with van der Waals surface area (Å²) in [6.45, 7) is 0.